The van der Waals surface area contributed by atoms with Crippen LogP contribution in [0.2, 0.25) is 0 Å². The van der Waals surface area contributed by atoms with Crippen molar-refractivity contribution in [2.24, 2.45) is 15.7 Å². The molecule has 0 atom stereocenters. The number of aliphatic imine (C=N–C) groups is 2. The fourth-order valence-electron chi connectivity index (χ4n) is 3.50. The van der Waals surface area contributed by atoms with Crippen molar-refractivity contribution in [2.45, 2.75) is 0 Å². The van der Waals surface area contributed by atoms with Gasteiger partial charge in [0.15, 0.2) is 5.84 Å². The number of hydrogen-bond donors (Lipinski definition) is 1. The lowest BCUT2D eigenvalue weighted by molar-refractivity contribution is 1.30. The van der Waals surface area contributed by atoms with Crippen LogP contribution in [0.3, 0.4) is 0 Å². The molecule has 5 rings (SSSR count). The molecule has 3 aromatic heterocycles. The van der Waals surface area contributed by atoms with Crippen LogP contribution < -0.4 is 5.73 Å². The minimum atomic E-state index is 0.542. The second-order valence-corrected chi connectivity index (χ2v) is 7.93. The lowest BCUT2D eigenvalue weighted by Gasteiger charge is -2.11. The summed E-state index contributed by atoms with van der Waals surface area (Å²) in [6, 6.07) is 22.7. The first-order valence-corrected chi connectivity index (χ1v) is 11.3. The molecule has 0 amide bonds. The highest BCUT2D eigenvalue weighted by atomic mass is 32.1. The monoisotopic (exact) mass is 449 g/mol. The molecule has 162 valence electrons. The topological polar surface area (TPSA) is 76.5 Å². The van der Waals surface area contributed by atoms with E-state index in [0.717, 1.165) is 33.5 Å². The highest BCUT2D eigenvalue weighted by Crippen LogP contribution is 2.37. The number of nitrogens with two attached hydrogens (primary N) is 1. The van der Waals surface area contributed by atoms with Crippen molar-refractivity contribution in [3.8, 4) is 22.3 Å². The highest BCUT2D eigenvalue weighted by molar-refractivity contribution is 7.17. The molecular formula is C27H23N5S. The van der Waals surface area contributed by atoms with Crippen molar-refractivity contribution >= 4 is 39.7 Å². The molecule has 0 saturated heterocycles. The summed E-state index contributed by atoms with van der Waals surface area (Å²) in [7, 11) is 1.50. The van der Waals surface area contributed by atoms with Crippen LogP contribution in [0.25, 0.3) is 32.3 Å². The van der Waals surface area contributed by atoms with Gasteiger partial charge in [0.05, 0.1) is 5.69 Å². The van der Waals surface area contributed by atoms with E-state index in [1.807, 2.05) is 30.5 Å². The molecule has 6 heteroatoms. The van der Waals surface area contributed by atoms with E-state index in [9.17, 15) is 0 Å². The normalized spacial score (nSPS) is 11.0. The van der Waals surface area contributed by atoms with Gasteiger partial charge in [-0.3, -0.25) is 9.97 Å². The number of rotatable bonds is 4. The molecule has 0 aliphatic heterocycles. The van der Waals surface area contributed by atoms with Crippen LogP contribution in [0.4, 0.5) is 5.69 Å². The molecule has 2 N–H and O–H groups in total. The van der Waals surface area contributed by atoms with Crippen LogP contribution in [-0.2, 0) is 0 Å². The molecule has 33 heavy (non-hydrogen) atoms. The molecular weight excluding hydrogens is 426 g/mol. The van der Waals surface area contributed by atoms with Crippen LogP contribution in [0.5, 0.6) is 0 Å². The lowest BCUT2D eigenvalue weighted by Crippen LogP contribution is -1.97. The number of fused-ring (bicyclic) bond motifs is 1. The maximum Gasteiger partial charge on any atom is 0.160 e. The lowest BCUT2D eigenvalue weighted by atomic mass is 9.97. The molecule has 0 unspecified atom stereocenters. The van der Waals surface area contributed by atoms with Crippen molar-refractivity contribution < 1.29 is 0 Å². The SMILES string of the molecule is C=NC(=Nc1ccc(-c2cccnc2)cc1-c1ccc2ccsc2c1)c1cccnc1.CN. The average Bonchev–Trinajstić information content (AvgIpc) is 3.37. The van der Waals surface area contributed by atoms with E-state index < -0.39 is 0 Å². The predicted molar refractivity (Wildman–Crippen MR) is 141 cm³/mol. The molecule has 0 spiro atoms. The van der Waals surface area contributed by atoms with E-state index in [2.05, 4.69) is 75.3 Å². The number of thiophene rings is 1. The molecule has 0 fully saturated rings. The molecule has 0 radical (unpaired) electrons. The minimum Gasteiger partial charge on any atom is -0.333 e. The van der Waals surface area contributed by atoms with Crippen LogP contribution in [0.1, 0.15) is 5.56 Å². The van der Waals surface area contributed by atoms with Crippen molar-refractivity contribution in [2.75, 3.05) is 7.05 Å². The maximum atomic E-state index is 4.86. The third-order valence-electron chi connectivity index (χ3n) is 5.05. The number of hydrogen-bond acceptors (Lipinski definition) is 5. The summed E-state index contributed by atoms with van der Waals surface area (Å²) in [4.78, 5) is 17.5. The van der Waals surface area contributed by atoms with Crippen LogP contribution in [0.15, 0.2) is 107 Å². The first-order valence-electron chi connectivity index (χ1n) is 10.4. The van der Waals surface area contributed by atoms with Crippen molar-refractivity contribution in [3.05, 3.63) is 102 Å². The third-order valence-corrected chi connectivity index (χ3v) is 5.93. The fourth-order valence-corrected chi connectivity index (χ4v) is 4.33. The van der Waals surface area contributed by atoms with Gasteiger partial charge in [0.25, 0.3) is 0 Å². The average molecular weight is 450 g/mol. The Morgan fingerprint density at radius 1 is 0.848 bits per heavy atom. The van der Waals surface area contributed by atoms with Crippen molar-refractivity contribution in [1.82, 2.24) is 9.97 Å². The number of nitrogens with zero attached hydrogens (tertiary/aromatic N) is 4. The summed E-state index contributed by atoms with van der Waals surface area (Å²) in [5.74, 6) is 0.542. The molecule has 0 aliphatic carbocycles. The van der Waals surface area contributed by atoms with Gasteiger partial charge >= 0.3 is 0 Å². The smallest absolute Gasteiger partial charge is 0.160 e. The van der Waals surface area contributed by atoms with Crippen molar-refractivity contribution in [3.63, 3.8) is 0 Å². The van der Waals surface area contributed by atoms with Crippen LogP contribution >= 0.6 is 11.3 Å². The Morgan fingerprint density at radius 2 is 1.64 bits per heavy atom. The fraction of sp³-hybridized carbons (Fsp3) is 0.0370. The van der Waals surface area contributed by atoms with Crippen molar-refractivity contribution in [1.29, 1.82) is 0 Å². The second kappa shape index (κ2) is 10.5. The van der Waals surface area contributed by atoms with Gasteiger partial charge in [0.2, 0.25) is 0 Å². The van der Waals surface area contributed by atoms with Gasteiger partial charge in [-0.1, -0.05) is 24.3 Å². The van der Waals surface area contributed by atoms with E-state index in [-0.39, 0.29) is 0 Å². The van der Waals surface area contributed by atoms with E-state index in [1.165, 1.54) is 17.1 Å². The van der Waals surface area contributed by atoms with Gasteiger partial charge < -0.3 is 5.73 Å². The van der Waals surface area contributed by atoms with Gasteiger partial charge in [-0.15, -0.1) is 11.3 Å². The Morgan fingerprint density at radius 3 is 2.36 bits per heavy atom. The molecule has 0 saturated carbocycles. The zero-order valence-corrected chi connectivity index (χ0v) is 19.0. The summed E-state index contributed by atoms with van der Waals surface area (Å²) >= 11 is 1.74. The van der Waals surface area contributed by atoms with E-state index in [1.54, 1.807) is 29.9 Å². The number of aromatic nitrogens is 2. The molecule has 3 heterocycles. The Balaban J connectivity index is 0.00000126. The van der Waals surface area contributed by atoms with Gasteiger partial charge in [-0.2, -0.15) is 0 Å². The molecule has 0 bridgehead atoms. The van der Waals surface area contributed by atoms with Gasteiger partial charge in [0.1, 0.15) is 0 Å². The number of pyridine rings is 2. The Bertz CT molecular complexity index is 1390. The standard InChI is InChI=1S/C26H18N4S.CH5N/c1-27-26(22-5-3-12-29-17-22)30-24-9-8-19(21-4-2-11-28-16-21)14-23(24)20-7-6-18-10-13-31-25(18)15-20;1-2/h2-17H,1H2;2H2,1H3. The Hall–Kier alpha value is -4.00. The van der Waals surface area contributed by atoms with Crippen LogP contribution in [0, 0.1) is 0 Å². The Labute approximate surface area is 197 Å². The van der Waals surface area contributed by atoms with E-state index in [4.69, 9.17) is 4.99 Å². The minimum absolute atomic E-state index is 0.542. The summed E-state index contributed by atoms with van der Waals surface area (Å²) in [6.07, 6.45) is 7.13. The molecule has 5 aromatic rings. The molecule has 2 aromatic carbocycles. The summed E-state index contributed by atoms with van der Waals surface area (Å²) in [5, 5.41) is 3.35. The van der Waals surface area contributed by atoms with Gasteiger partial charge in [0, 0.05) is 46.2 Å². The van der Waals surface area contributed by atoms with E-state index in [0.29, 0.717) is 5.84 Å². The summed E-state index contributed by atoms with van der Waals surface area (Å²) in [6.45, 7) is 3.72. The summed E-state index contributed by atoms with van der Waals surface area (Å²) < 4.78 is 1.24. The first-order chi connectivity index (χ1) is 16.3. The van der Waals surface area contributed by atoms with Gasteiger partial charge in [-0.25, -0.2) is 9.98 Å². The zero-order chi connectivity index (χ0) is 23.0. The molecule has 0 aliphatic rings. The molecule has 5 nitrogen and oxygen atoms in total. The predicted octanol–water partition coefficient (Wildman–Crippen LogP) is 6.38. The largest absolute Gasteiger partial charge is 0.333 e. The Kier molecular flexibility index (Phi) is 7.09. The first kappa shape index (κ1) is 22.2. The quantitative estimate of drug-likeness (QED) is 0.255. The number of benzene rings is 2. The second-order valence-electron chi connectivity index (χ2n) is 6.98. The van der Waals surface area contributed by atoms with E-state index >= 15 is 0 Å². The van der Waals surface area contributed by atoms with Crippen LogP contribution in [-0.4, -0.2) is 29.6 Å². The maximum absolute atomic E-state index is 4.86. The number of amidine groups is 1. The zero-order valence-electron chi connectivity index (χ0n) is 18.2. The highest BCUT2D eigenvalue weighted by Gasteiger charge is 2.11. The summed E-state index contributed by atoms with van der Waals surface area (Å²) in [5.41, 5.74) is 10.4. The third kappa shape index (κ3) is 4.92. The van der Waals surface area contributed by atoms with Gasteiger partial charge in [-0.05, 0) is 78.1 Å².